The summed E-state index contributed by atoms with van der Waals surface area (Å²) in [5, 5.41) is 9.64. The number of hydrogen-bond donors (Lipinski definition) is 2. The van der Waals surface area contributed by atoms with Crippen LogP contribution < -0.4 is 10.6 Å². The van der Waals surface area contributed by atoms with Crippen molar-refractivity contribution in [3.63, 3.8) is 0 Å². The molecule has 0 aliphatic heterocycles. The van der Waals surface area contributed by atoms with Crippen molar-refractivity contribution in [1.82, 2.24) is 4.98 Å². The van der Waals surface area contributed by atoms with Crippen molar-refractivity contribution in [3.8, 4) is 0 Å². The predicted octanol–water partition coefficient (Wildman–Crippen LogP) is 0.871. The van der Waals surface area contributed by atoms with E-state index in [-0.39, 0.29) is 0 Å². The second-order valence-corrected chi connectivity index (χ2v) is 4.08. The molecule has 0 spiro atoms. The van der Waals surface area contributed by atoms with Gasteiger partial charge in [-0.1, -0.05) is 0 Å². The molecular weight excluding hydrogens is 178 g/mol. The highest BCUT2D eigenvalue weighted by atomic mass is 16.3. The van der Waals surface area contributed by atoms with Crippen molar-refractivity contribution >= 4 is 11.5 Å². The molecule has 0 fully saturated rings. The van der Waals surface area contributed by atoms with Crippen LogP contribution in [-0.2, 0) is 0 Å². The molecule has 0 amide bonds. The number of aliphatic hydroxyl groups is 1. The van der Waals surface area contributed by atoms with Gasteiger partial charge in [0.25, 0.3) is 0 Å². The van der Waals surface area contributed by atoms with Gasteiger partial charge in [-0.25, -0.2) is 4.98 Å². The van der Waals surface area contributed by atoms with E-state index in [1.54, 1.807) is 20.0 Å². The molecule has 78 valence electrons. The van der Waals surface area contributed by atoms with Crippen molar-refractivity contribution in [2.75, 3.05) is 24.2 Å². The number of nitrogens with two attached hydrogens (primary N) is 1. The van der Waals surface area contributed by atoms with Crippen LogP contribution in [0.3, 0.4) is 0 Å². The molecule has 0 bridgehead atoms. The van der Waals surface area contributed by atoms with Gasteiger partial charge in [0.05, 0.1) is 11.3 Å². The molecular formula is C10H17N3O. The second kappa shape index (κ2) is 3.84. The van der Waals surface area contributed by atoms with Crippen LogP contribution in [0.4, 0.5) is 11.5 Å². The Balaban J connectivity index is 2.80. The van der Waals surface area contributed by atoms with Crippen LogP contribution in [-0.4, -0.2) is 29.3 Å². The smallest absolute Gasteiger partial charge is 0.146 e. The molecule has 1 heterocycles. The first-order valence-corrected chi connectivity index (χ1v) is 4.54. The standard InChI is InChI=1S/C10H17N3O/c1-10(2,14)7-13(3)8-5-4-6-12-9(8)11/h4-6,14H,7H2,1-3H3,(H2,11,12). The maximum atomic E-state index is 9.64. The van der Waals surface area contributed by atoms with E-state index in [1.165, 1.54) is 0 Å². The third-order valence-electron chi connectivity index (χ3n) is 1.85. The molecule has 0 radical (unpaired) electrons. The summed E-state index contributed by atoms with van der Waals surface area (Å²) >= 11 is 0. The monoisotopic (exact) mass is 195 g/mol. The molecule has 0 atom stereocenters. The van der Waals surface area contributed by atoms with Crippen LogP contribution in [0.5, 0.6) is 0 Å². The zero-order valence-corrected chi connectivity index (χ0v) is 8.86. The molecule has 0 aliphatic rings. The molecule has 4 nitrogen and oxygen atoms in total. The summed E-state index contributed by atoms with van der Waals surface area (Å²) < 4.78 is 0. The number of pyridine rings is 1. The van der Waals surface area contributed by atoms with Crippen molar-refractivity contribution in [1.29, 1.82) is 0 Å². The lowest BCUT2D eigenvalue weighted by molar-refractivity contribution is 0.0886. The molecule has 1 aromatic heterocycles. The van der Waals surface area contributed by atoms with E-state index in [9.17, 15) is 5.11 Å². The van der Waals surface area contributed by atoms with Crippen molar-refractivity contribution < 1.29 is 5.11 Å². The van der Waals surface area contributed by atoms with Gasteiger partial charge in [0.2, 0.25) is 0 Å². The zero-order chi connectivity index (χ0) is 10.8. The second-order valence-electron chi connectivity index (χ2n) is 4.08. The Morgan fingerprint density at radius 2 is 2.21 bits per heavy atom. The minimum atomic E-state index is -0.739. The fourth-order valence-corrected chi connectivity index (χ4v) is 1.40. The average Bonchev–Trinajstić information content (AvgIpc) is 2.01. The fraction of sp³-hybridized carbons (Fsp3) is 0.500. The Hall–Kier alpha value is -1.29. The highest BCUT2D eigenvalue weighted by molar-refractivity contribution is 5.62. The Bertz CT molecular complexity index is 306. The van der Waals surface area contributed by atoms with Gasteiger partial charge in [0, 0.05) is 19.8 Å². The summed E-state index contributed by atoms with van der Waals surface area (Å²) in [6.45, 7) is 4.04. The molecule has 1 rings (SSSR count). The molecule has 4 heteroatoms. The molecule has 0 saturated heterocycles. The Kier molecular flexibility index (Phi) is 2.96. The lowest BCUT2D eigenvalue weighted by atomic mass is 10.1. The van der Waals surface area contributed by atoms with E-state index >= 15 is 0 Å². The summed E-state index contributed by atoms with van der Waals surface area (Å²) in [6.07, 6.45) is 1.65. The number of rotatable bonds is 3. The lowest BCUT2D eigenvalue weighted by Gasteiger charge is -2.27. The van der Waals surface area contributed by atoms with Gasteiger partial charge in [0.15, 0.2) is 0 Å². The first kappa shape index (κ1) is 10.8. The van der Waals surface area contributed by atoms with Gasteiger partial charge in [-0.15, -0.1) is 0 Å². The molecule has 0 aromatic carbocycles. The Labute approximate surface area is 84.4 Å². The molecule has 0 saturated carbocycles. The maximum absolute atomic E-state index is 9.64. The maximum Gasteiger partial charge on any atom is 0.146 e. The van der Waals surface area contributed by atoms with E-state index in [4.69, 9.17) is 5.73 Å². The largest absolute Gasteiger partial charge is 0.389 e. The normalized spacial score (nSPS) is 11.4. The number of likely N-dealkylation sites (N-methyl/N-ethyl adjacent to an activating group) is 1. The molecule has 0 aliphatic carbocycles. The van der Waals surface area contributed by atoms with Crippen LogP contribution >= 0.6 is 0 Å². The highest BCUT2D eigenvalue weighted by Gasteiger charge is 2.17. The first-order valence-electron chi connectivity index (χ1n) is 4.54. The van der Waals surface area contributed by atoms with Gasteiger partial charge in [-0.3, -0.25) is 0 Å². The van der Waals surface area contributed by atoms with Gasteiger partial charge in [-0.05, 0) is 26.0 Å². The van der Waals surface area contributed by atoms with Crippen molar-refractivity contribution in [2.45, 2.75) is 19.4 Å². The number of hydrogen-bond acceptors (Lipinski definition) is 4. The van der Waals surface area contributed by atoms with Crippen LogP contribution in [0.1, 0.15) is 13.8 Å². The predicted molar refractivity (Wildman–Crippen MR) is 58.2 cm³/mol. The Morgan fingerprint density at radius 3 is 2.71 bits per heavy atom. The summed E-state index contributed by atoms with van der Waals surface area (Å²) in [5.74, 6) is 0.485. The number of anilines is 2. The molecule has 0 unspecified atom stereocenters. The summed E-state index contributed by atoms with van der Waals surface area (Å²) in [4.78, 5) is 5.88. The number of aromatic nitrogens is 1. The number of nitrogens with zero attached hydrogens (tertiary/aromatic N) is 2. The third kappa shape index (κ3) is 2.88. The molecule has 14 heavy (non-hydrogen) atoms. The van der Waals surface area contributed by atoms with Gasteiger partial charge < -0.3 is 15.7 Å². The van der Waals surface area contributed by atoms with Gasteiger partial charge >= 0.3 is 0 Å². The summed E-state index contributed by atoms with van der Waals surface area (Å²) in [7, 11) is 1.88. The van der Waals surface area contributed by atoms with E-state index < -0.39 is 5.60 Å². The summed E-state index contributed by atoms with van der Waals surface area (Å²) in [6, 6.07) is 3.71. The third-order valence-corrected chi connectivity index (χ3v) is 1.85. The molecule has 3 N–H and O–H groups in total. The van der Waals surface area contributed by atoms with Crippen molar-refractivity contribution in [3.05, 3.63) is 18.3 Å². The van der Waals surface area contributed by atoms with Crippen LogP contribution in [0.15, 0.2) is 18.3 Å². The van der Waals surface area contributed by atoms with Crippen LogP contribution in [0, 0.1) is 0 Å². The van der Waals surface area contributed by atoms with E-state index in [0.29, 0.717) is 12.4 Å². The minimum Gasteiger partial charge on any atom is -0.389 e. The van der Waals surface area contributed by atoms with Crippen molar-refractivity contribution in [2.24, 2.45) is 0 Å². The zero-order valence-electron chi connectivity index (χ0n) is 8.86. The van der Waals surface area contributed by atoms with Gasteiger partial charge in [-0.2, -0.15) is 0 Å². The SMILES string of the molecule is CN(CC(C)(C)O)c1cccnc1N. The lowest BCUT2D eigenvalue weighted by Crippen LogP contribution is -2.36. The first-order chi connectivity index (χ1) is 6.40. The van der Waals surface area contributed by atoms with E-state index in [1.807, 2.05) is 24.1 Å². The fourth-order valence-electron chi connectivity index (χ4n) is 1.40. The average molecular weight is 195 g/mol. The molecule has 1 aromatic rings. The number of nitrogen functional groups attached to an aromatic ring is 1. The van der Waals surface area contributed by atoms with Crippen LogP contribution in [0.25, 0.3) is 0 Å². The topological polar surface area (TPSA) is 62.4 Å². The summed E-state index contributed by atoms with van der Waals surface area (Å²) in [5.41, 5.74) is 5.81. The quantitative estimate of drug-likeness (QED) is 0.751. The Morgan fingerprint density at radius 1 is 1.57 bits per heavy atom. The van der Waals surface area contributed by atoms with E-state index in [0.717, 1.165) is 5.69 Å². The van der Waals surface area contributed by atoms with Gasteiger partial charge in [0.1, 0.15) is 5.82 Å². The van der Waals surface area contributed by atoms with E-state index in [2.05, 4.69) is 4.98 Å². The minimum absolute atomic E-state index is 0.485. The highest BCUT2D eigenvalue weighted by Crippen LogP contribution is 2.20. The van der Waals surface area contributed by atoms with Crippen LogP contribution in [0.2, 0.25) is 0 Å².